The molecule has 5 rings (SSSR count). The molecule has 0 radical (unpaired) electrons. The summed E-state index contributed by atoms with van der Waals surface area (Å²) in [6, 6.07) is 6.10. The summed E-state index contributed by atoms with van der Waals surface area (Å²) in [5, 5.41) is 9.99. The van der Waals surface area contributed by atoms with Crippen molar-refractivity contribution in [2.75, 3.05) is 19.8 Å². The van der Waals surface area contributed by atoms with E-state index in [9.17, 15) is 9.90 Å². The SMILES string of the molecule is O=C(C1CC1)N1CC[C@]23COCC[C@H]2[C@H]1Cc1ccc(O)cc13. The van der Waals surface area contributed by atoms with Crippen LogP contribution in [-0.4, -0.2) is 41.7 Å². The largest absolute Gasteiger partial charge is 0.508 e. The number of amides is 1. The number of ether oxygens (including phenoxy) is 1. The van der Waals surface area contributed by atoms with Gasteiger partial charge in [-0.2, -0.15) is 0 Å². The first-order chi connectivity index (χ1) is 11.2. The van der Waals surface area contributed by atoms with E-state index in [-0.39, 0.29) is 5.41 Å². The molecule has 1 saturated carbocycles. The molecule has 2 aliphatic heterocycles. The van der Waals surface area contributed by atoms with Gasteiger partial charge in [0.1, 0.15) is 5.75 Å². The Morgan fingerprint density at radius 1 is 1.30 bits per heavy atom. The van der Waals surface area contributed by atoms with Crippen LogP contribution in [0, 0.1) is 11.8 Å². The van der Waals surface area contributed by atoms with E-state index >= 15 is 0 Å². The van der Waals surface area contributed by atoms with Gasteiger partial charge in [0.2, 0.25) is 5.91 Å². The van der Waals surface area contributed by atoms with E-state index in [1.807, 2.05) is 6.07 Å². The van der Waals surface area contributed by atoms with Crippen LogP contribution in [0.4, 0.5) is 0 Å². The molecule has 4 heteroatoms. The number of phenolic OH excluding ortho intramolecular Hbond substituents is 1. The molecule has 1 amide bonds. The zero-order valence-corrected chi connectivity index (χ0v) is 13.3. The average molecular weight is 313 g/mol. The molecular formula is C19H23NO3. The van der Waals surface area contributed by atoms with Crippen molar-refractivity contribution in [2.45, 2.75) is 43.6 Å². The fourth-order valence-electron chi connectivity index (χ4n) is 5.30. The molecule has 0 spiro atoms. The minimum Gasteiger partial charge on any atom is -0.508 e. The number of likely N-dealkylation sites (tertiary alicyclic amines) is 1. The highest BCUT2D eigenvalue weighted by Crippen LogP contribution is 2.53. The molecule has 2 bridgehead atoms. The molecule has 4 nitrogen and oxygen atoms in total. The Morgan fingerprint density at radius 3 is 3.00 bits per heavy atom. The van der Waals surface area contributed by atoms with Crippen molar-refractivity contribution in [1.29, 1.82) is 0 Å². The zero-order valence-electron chi connectivity index (χ0n) is 13.3. The first kappa shape index (κ1) is 13.8. The van der Waals surface area contributed by atoms with Crippen molar-refractivity contribution in [3.63, 3.8) is 0 Å². The molecular weight excluding hydrogens is 290 g/mol. The second-order valence-corrected chi connectivity index (χ2v) is 7.77. The molecule has 2 saturated heterocycles. The van der Waals surface area contributed by atoms with Crippen molar-refractivity contribution in [3.8, 4) is 5.75 Å². The summed E-state index contributed by atoms with van der Waals surface area (Å²) in [5.74, 6) is 1.50. The van der Waals surface area contributed by atoms with Crippen molar-refractivity contribution in [2.24, 2.45) is 11.8 Å². The van der Waals surface area contributed by atoms with E-state index < -0.39 is 0 Å². The third-order valence-corrected chi connectivity index (χ3v) is 6.57. The van der Waals surface area contributed by atoms with Gasteiger partial charge < -0.3 is 14.7 Å². The number of nitrogens with zero attached hydrogens (tertiary/aromatic N) is 1. The highest BCUT2D eigenvalue weighted by atomic mass is 16.5. The van der Waals surface area contributed by atoms with Gasteiger partial charge in [0, 0.05) is 30.5 Å². The van der Waals surface area contributed by atoms with Gasteiger partial charge in [0.05, 0.1) is 6.61 Å². The molecule has 2 aliphatic carbocycles. The monoisotopic (exact) mass is 313 g/mol. The molecule has 1 N–H and O–H groups in total. The number of carbonyl (C=O) groups excluding carboxylic acids is 1. The molecule has 4 aliphatic rings. The summed E-state index contributed by atoms with van der Waals surface area (Å²) in [5.41, 5.74) is 2.56. The number of carbonyl (C=O) groups is 1. The van der Waals surface area contributed by atoms with Crippen LogP contribution in [-0.2, 0) is 21.4 Å². The highest BCUT2D eigenvalue weighted by molar-refractivity contribution is 5.81. The van der Waals surface area contributed by atoms with Gasteiger partial charge in [0.25, 0.3) is 0 Å². The lowest BCUT2D eigenvalue weighted by Crippen LogP contribution is -2.64. The van der Waals surface area contributed by atoms with E-state index in [2.05, 4.69) is 11.0 Å². The van der Waals surface area contributed by atoms with E-state index in [1.54, 1.807) is 6.07 Å². The quantitative estimate of drug-likeness (QED) is 0.865. The van der Waals surface area contributed by atoms with Gasteiger partial charge in [0.15, 0.2) is 0 Å². The van der Waals surface area contributed by atoms with Crippen LogP contribution in [0.2, 0.25) is 0 Å². The predicted molar refractivity (Wildman–Crippen MR) is 85.3 cm³/mol. The van der Waals surface area contributed by atoms with E-state index in [1.165, 1.54) is 11.1 Å². The van der Waals surface area contributed by atoms with Crippen molar-refractivity contribution < 1.29 is 14.6 Å². The number of phenols is 1. The smallest absolute Gasteiger partial charge is 0.225 e. The molecule has 3 fully saturated rings. The first-order valence-corrected chi connectivity index (χ1v) is 8.90. The summed E-state index contributed by atoms with van der Waals surface area (Å²) in [6.07, 6.45) is 5.06. The summed E-state index contributed by atoms with van der Waals surface area (Å²) in [4.78, 5) is 14.9. The number of hydrogen-bond donors (Lipinski definition) is 1. The number of fused-ring (bicyclic) bond motifs is 1. The Balaban J connectivity index is 1.60. The van der Waals surface area contributed by atoms with E-state index in [4.69, 9.17) is 4.74 Å². The molecule has 23 heavy (non-hydrogen) atoms. The number of aromatic hydroxyl groups is 1. The summed E-state index contributed by atoms with van der Waals surface area (Å²) in [7, 11) is 0. The number of benzene rings is 1. The van der Waals surface area contributed by atoms with Gasteiger partial charge >= 0.3 is 0 Å². The lowest BCUT2D eigenvalue weighted by molar-refractivity contribution is -0.146. The lowest BCUT2D eigenvalue weighted by atomic mass is 9.56. The van der Waals surface area contributed by atoms with Crippen molar-refractivity contribution in [1.82, 2.24) is 4.90 Å². The summed E-state index contributed by atoms with van der Waals surface area (Å²) in [6.45, 7) is 2.37. The van der Waals surface area contributed by atoms with Gasteiger partial charge in [-0.05, 0) is 61.3 Å². The molecule has 3 atom stereocenters. The maximum Gasteiger partial charge on any atom is 0.225 e. The summed E-state index contributed by atoms with van der Waals surface area (Å²) < 4.78 is 5.88. The van der Waals surface area contributed by atoms with E-state index in [0.717, 1.165) is 51.9 Å². The normalized spacial score (nSPS) is 35.4. The fraction of sp³-hybridized carbons (Fsp3) is 0.632. The topological polar surface area (TPSA) is 49.8 Å². The Labute approximate surface area is 136 Å². The second kappa shape index (κ2) is 4.73. The summed E-state index contributed by atoms with van der Waals surface area (Å²) >= 11 is 0. The van der Waals surface area contributed by atoms with Crippen LogP contribution in [0.1, 0.15) is 36.8 Å². The highest BCUT2D eigenvalue weighted by Gasteiger charge is 2.56. The van der Waals surface area contributed by atoms with E-state index in [0.29, 0.717) is 29.5 Å². The van der Waals surface area contributed by atoms with Gasteiger partial charge in [-0.1, -0.05) is 6.07 Å². The zero-order chi connectivity index (χ0) is 15.6. The van der Waals surface area contributed by atoms with Crippen LogP contribution in [0.15, 0.2) is 18.2 Å². The number of rotatable bonds is 1. The fourth-order valence-corrected chi connectivity index (χ4v) is 5.30. The Kier molecular flexibility index (Phi) is 2.85. The van der Waals surface area contributed by atoms with Gasteiger partial charge in [-0.3, -0.25) is 4.79 Å². The van der Waals surface area contributed by atoms with Crippen LogP contribution >= 0.6 is 0 Å². The first-order valence-electron chi connectivity index (χ1n) is 8.90. The third kappa shape index (κ3) is 1.90. The van der Waals surface area contributed by atoms with Crippen LogP contribution in [0.25, 0.3) is 0 Å². The number of hydrogen-bond acceptors (Lipinski definition) is 3. The Bertz CT molecular complexity index is 669. The van der Waals surface area contributed by atoms with Gasteiger partial charge in [-0.15, -0.1) is 0 Å². The Hall–Kier alpha value is -1.55. The van der Waals surface area contributed by atoms with Crippen LogP contribution < -0.4 is 0 Å². The molecule has 0 unspecified atom stereocenters. The van der Waals surface area contributed by atoms with Crippen LogP contribution in [0.3, 0.4) is 0 Å². The third-order valence-electron chi connectivity index (χ3n) is 6.57. The Morgan fingerprint density at radius 2 is 2.17 bits per heavy atom. The molecule has 1 aromatic carbocycles. The number of piperidine rings is 1. The molecule has 2 heterocycles. The minimum absolute atomic E-state index is 0.00439. The molecule has 1 aromatic rings. The predicted octanol–water partition coefficient (Wildman–Crippen LogP) is 2.23. The molecule has 0 aromatic heterocycles. The second-order valence-electron chi connectivity index (χ2n) is 7.77. The van der Waals surface area contributed by atoms with Crippen LogP contribution in [0.5, 0.6) is 5.75 Å². The standard InChI is InChI=1S/C19H23NO3/c21-14-4-3-13-9-17-15-5-8-23-11-19(15,16(13)10-14)6-7-20(17)18(22)12-1-2-12/h3-4,10,12,15,17,21H,1-2,5-9,11H2/t15-,17+,19-/m0/s1. The minimum atomic E-state index is -0.00439. The van der Waals surface area contributed by atoms with Gasteiger partial charge in [-0.25, -0.2) is 0 Å². The lowest BCUT2D eigenvalue weighted by Gasteiger charge is -2.58. The van der Waals surface area contributed by atoms with Crippen molar-refractivity contribution >= 4 is 5.91 Å². The molecule has 122 valence electrons. The maximum atomic E-state index is 12.8. The average Bonchev–Trinajstić information content (AvgIpc) is 3.40. The maximum absolute atomic E-state index is 12.8. The van der Waals surface area contributed by atoms with Crippen molar-refractivity contribution in [3.05, 3.63) is 29.3 Å².